The van der Waals surface area contributed by atoms with Crippen molar-refractivity contribution in [1.29, 1.82) is 0 Å². The highest BCUT2D eigenvalue weighted by molar-refractivity contribution is 5.97. The van der Waals surface area contributed by atoms with Gasteiger partial charge in [-0.15, -0.1) is 0 Å². The van der Waals surface area contributed by atoms with E-state index in [1.54, 1.807) is 29.2 Å². The smallest absolute Gasteiger partial charge is 0.262 e. The van der Waals surface area contributed by atoms with Gasteiger partial charge >= 0.3 is 0 Å². The molecule has 1 aliphatic heterocycles. The molecule has 0 atom stereocenters. The molecule has 0 aromatic heterocycles. The molecule has 0 spiro atoms. The van der Waals surface area contributed by atoms with Gasteiger partial charge in [0, 0.05) is 19.2 Å². The lowest BCUT2D eigenvalue weighted by atomic mass is 10.1. The summed E-state index contributed by atoms with van der Waals surface area (Å²) in [5.41, 5.74) is 0.183. The first kappa shape index (κ1) is 18.8. The van der Waals surface area contributed by atoms with E-state index in [0.717, 1.165) is 12.1 Å². The van der Waals surface area contributed by atoms with Crippen molar-refractivity contribution in [3.05, 3.63) is 59.7 Å². The monoisotopic (exact) mass is 376 g/mol. The number of hydrogen-bond acceptors (Lipinski definition) is 4. The third kappa shape index (κ3) is 4.79. The Bertz CT molecular complexity index is 838. The second-order valence-corrected chi connectivity index (χ2v) is 5.86. The lowest BCUT2D eigenvalue weighted by molar-refractivity contribution is -0.118. The molecule has 0 unspecified atom stereocenters. The largest absolute Gasteiger partial charge is 0.483 e. The number of para-hydroxylation sites is 1. The van der Waals surface area contributed by atoms with Gasteiger partial charge in [-0.25, -0.2) is 8.78 Å². The molecule has 2 aromatic rings. The van der Waals surface area contributed by atoms with E-state index in [-0.39, 0.29) is 17.3 Å². The van der Waals surface area contributed by atoms with Crippen molar-refractivity contribution in [1.82, 2.24) is 4.90 Å². The van der Waals surface area contributed by atoms with Gasteiger partial charge in [0.25, 0.3) is 11.8 Å². The average molecular weight is 376 g/mol. The molecule has 0 radical (unpaired) electrons. The second-order valence-electron chi connectivity index (χ2n) is 5.86. The number of nitrogens with zero attached hydrogens (tertiary/aromatic N) is 1. The number of anilines is 1. The van der Waals surface area contributed by atoms with Crippen LogP contribution in [0, 0.1) is 11.6 Å². The van der Waals surface area contributed by atoms with E-state index in [2.05, 4.69) is 5.32 Å². The fourth-order valence-corrected chi connectivity index (χ4v) is 2.63. The van der Waals surface area contributed by atoms with Crippen LogP contribution in [0.15, 0.2) is 42.5 Å². The molecule has 2 amide bonds. The second kappa shape index (κ2) is 8.59. The van der Waals surface area contributed by atoms with Gasteiger partial charge in [-0.05, 0) is 24.3 Å². The highest BCUT2D eigenvalue weighted by Gasteiger charge is 2.22. The highest BCUT2D eigenvalue weighted by Crippen LogP contribution is 2.21. The van der Waals surface area contributed by atoms with Gasteiger partial charge < -0.3 is 19.7 Å². The molecule has 0 saturated carbocycles. The van der Waals surface area contributed by atoms with E-state index in [9.17, 15) is 18.4 Å². The number of morpholine rings is 1. The van der Waals surface area contributed by atoms with Crippen LogP contribution in [-0.2, 0) is 9.53 Å². The Hall–Kier alpha value is -3.00. The predicted molar refractivity (Wildman–Crippen MR) is 93.6 cm³/mol. The summed E-state index contributed by atoms with van der Waals surface area (Å²) in [4.78, 5) is 26.3. The van der Waals surface area contributed by atoms with Gasteiger partial charge in [-0.2, -0.15) is 0 Å². The van der Waals surface area contributed by atoms with Crippen LogP contribution in [0.25, 0.3) is 0 Å². The lowest BCUT2D eigenvalue weighted by Crippen LogP contribution is -2.40. The molecular weight excluding hydrogens is 358 g/mol. The fourth-order valence-electron chi connectivity index (χ4n) is 2.63. The summed E-state index contributed by atoms with van der Waals surface area (Å²) in [7, 11) is 0. The molecule has 6 nitrogen and oxygen atoms in total. The Kier molecular flexibility index (Phi) is 5.97. The highest BCUT2D eigenvalue weighted by atomic mass is 19.1. The topological polar surface area (TPSA) is 67.9 Å². The minimum atomic E-state index is -0.883. The summed E-state index contributed by atoms with van der Waals surface area (Å²) in [6.07, 6.45) is 0. The summed E-state index contributed by atoms with van der Waals surface area (Å²) in [5, 5.41) is 2.30. The lowest BCUT2D eigenvalue weighted by Gasteiger charge is -2.27. The van der Waals surface area contributed by atoms with Crippen LogP contribution in [0.3, 0.4) is 0 Å². The number of hydrogen-bond donors (Lipinski definition) is 1. The Morgan fingerprint density at radius 2 is 1.85 bits per heavy atom. The number of halogens is 2. The normalized spacial score (nSPS) is 13.9. The maximum Gasteiger partial charge on any atom is 0.262 e. The molecule has 1 heterocycles. The number of ether oxygens (including phenoxy) is 2. The molecule has 1 N–H and O–H groups in total. The van der Waals surface area contributed by atoms with Crippen molar-refractivity contribution in [3.8, 4) is 5.75 Å². The number of amides is 2. The van der Waals surface area contributed by atoms with Crippen molar-refractivity contribution in [2.75, 3.05) is 38.2 Å². The zero-order chi connectivity index (χ0) is 19.2. The van der Waals surface area contributed by atoms with Crippen molar-refractivity contribution >= 4 is 17.5 Å². The average Bonchev–Trinajstić information content (AvgIpc) is 2.69. The molecule has 8 heteroatoms. The summed E-state index contributed by atoms with van der Waals surface area (Å²) >= 11 is 0. The number of benzene rings is 2. The number of carbonyl (C=O) groups is 2. The maximum atomic E-state index is 13.6. The molecule has 1 aliphatic rings. The molecule has 1 saturated heterocycles. The summed E-state index contributed by atoms with van der Waals surface area (Å²) < 4.78 is 37.2. The third-order valence-electron chi connectivity index (χ3n) is 3.98. The first-order valence-electron chi connectivity index (χ1n) is 8.38. The van der Waals surface area contributed by atoms with E-state index >= 15 is 0 Å². The number of nitrogens with one attached hydrogen (secondary N) is 1. The van der Waals surface area contributed by atoms with Gasteiger partial charge in [0.15, 0.2) is 6.61 Å². The van der Waals surface area contributed by atoms with E-state index < -0.39 is 24.1 Å². The van der Waals surface area contributed by atoms with Crippen LogP contribution >= 0.6 is 0 Å². The van der Waals surface area contributed by atoms with Gasteiger partial charge in [-0.1, -0.05) is 12.1 Å². The third-order valence-corrected chi connectivity index (χ3v) is 3.98. The van der Waals surface area contributed by atoms with Gasteiger partial charge in [-0.3, -0.25) is 9.59 Å². The summed E-state index contributed by atoms with van der Waals surface area (Å²) in [6, 6.07) is 9.42. The van der Waals surface area contributed by atoms with Crippen LogP contribution in [0.4, 0.5) is 14.5 Å². The van der Waals surface area contributed by atoms with Crippen LogP contribution in [0.5, 0.6) is 5.75 Å². The van der Waals surface area contributed by atoms with E-state index in [4.69, 9.17) is 9.47 Å². The minimum absolute atomic E-state index is 0.150. The van der Waals surface area contributed by atoms with Gasteiger partial charge in [0.1, 0.15) is 17.4 Å². The van der Waals surface area contributed by atoms with Crippen LogP contribution < -0.4 is 10.1 Å². The number of rotatable bonds is 5. The van der Waals surface area contributed by atoms with Crippen molar-refractivity contribution in [3.63, 3.8) is 0 Å². The Balaban J connectivity index is 1.64. The molecule has 142 valence electrons. The minimum Gasteiger partial charge on any atom is -0.483 e. The summed E-state index contributed by atoms with van der Waals surface area (Å²) in [5.74, 6) is -2.21. The molecule has 2 aromatic carbocycles. The molecular formula is C19H18F2N2O4. The first-order valence-corrected chi connectivity index (χ1v) is 8.38. The molecule has 27 heavy (non-hydrogen) atoms. The molecule has 0 aliphatic carbocycles. The Morgan fingerprint density at radius 1 is 1.11 bits per heavy atom. The Morgan fingerprint density at radius 3 is 2.59 bits per heavy atom. The van der Waals surface area contributed by atoms with E-state index in [1.807, 2.05) is 0 Å². The fraction of sp³-hybridized carbons (Fsp3) is 0.263. The quantitative estimate of drug-likeness (QED) is 0.871. The van der Waals surface area contributed by atoms with Crippen LogP contribution in [0.1, 0.15) is 10.4 Å². The summed E-state index contributed by atoms with van der Waals surface area (Å²) in [6.45, 7) is 1.49. The van der Waals surface area contributed by atoms with Crippen LogP contribution in [-0.4, -0.2) is 49.6 Å². The maximum absolute atomic E-state index is 13.6. The zero-order valence-corrected chi connectivity index (χ0v) is 14.4. The predicted octanol–water partition coefficient (Wildman–Crippen LogP) is 2.45. The van der Waals surface area contributed by atoms with Crippen molar-refractivity contribution in [2.45, 2.75) is 0 Å². The molecule has 3 rings (SSSR count). The van der Waals surface area contributed by atoms with E-state index in [0.29, 0.717) is 37.9 Å². The number of carbonyl (C=O) groups excluding carboxylic acids is 2. The standard InChI is InChI=1S/C19H18F2N2O4/c20-13-5-6-16(15(21)11-13)22-18(24)12-27-17-4-2-1-3-14(17)19(25)23-7-9-26-10-8-23/h1-6,11H,7-10,12H2,(H,22,24). The van der Waals surface area contributed by atoms with Gasteiger partial charge in [0.2, 0.25) is 0 Å². The van der Waals surface area contributed by atoms with Crippen LogP contribution in [0.2, 0.25) is 0 Å². The van der Waals surface area contributed by atoms with Gasteiger partial charge in [0.05, 0.1) is 24.5 Å². The first-order chi connectivity index (χ1) is 13.0. The molecule has 1 fully saturated rings. The Labute approximate surface area is 154 Å². The van der Waals surface area contributed by atoms with Crippen molar-refractivity contribution in [2.24, 2.45) is 0 Å². The molecule has 0 bridgehead atoms. The van der Waals surface area contributed by atoms with E-state index in [1.165, 1.54) is 0 Å². The SMILES string of the molecule is O=C(COc1ccccc1C(=O)N1CCOCC1)Nc1ccc(F)cc1F. The van der Waals surface area contributed by atoms with Crippen molar-refractivity contribution < 1.29 is 27.8 Å². The zero-order valence-electron chi connectivity index (χ0n) is 14.4.